The highest BCUT2D eigenvalue weighted by atomic mass is 16.7. The highest BCUT2D eigenvalue weighted by molar-refractivity contribution is 6.01. The van der Waals surface area contributed by atoms with Crippen LogP contribution in [0.15, 0.2) is 78.0 Å². The number of benzene rings is 2. The fourth-order valence-electron chi connectivity index (χ4n) is 2.60. The Balaban J connectivity index is 1.93. The van der Waals surface area contributed by atoms with E-state index in [-0.39, 0.29) is 0 Å². The van der Waals surface area contributed by atoms with Gasteiger partial charge in [0.05, 0.1) is 5.71 Å². The highest BCUT2D eigenvalue weighted by Crippen LogP contribution is 2.37. The van der Waals surface area contributed by atoms with E-state index in [2.05, 4.69) is 48.5 Å². The summed E-state index contributed by atoms with van der Waals surface area (Å²) < 4.78 is 0. The van der Waals surface area contributed by atoms with Crippen molar-refractivity contribution in [3.05, 3.63) is 83.9 Å². The van der Waals surface area contributed by atoms with Gasteiger partial charge in [-0.25, -0.2) is 0 Å². The van der Waals surface area contributed by atoms with E-state index < -0.39 is 5.60 Å². The van der Waals surface area contributed by atoms with Crippen LogP contribution in [0.2, 0.25) is 0 Å². The van der Waals surface area contributed by atoms with Crippen molar-refractivity contribution in [3.8, 4) is 0 Å². The van der Waals surface area contributed by atoms with Gasteiger partial charge in [0.25, 0.3) is 0 Å². The molecule has 1 aliphatic heterocycles. The molecule has 0 bridgehead atoms. The Morgan fingerprint density at radius 1 is 1.05 bits per heavy atom. The third kappa shape index (κ3) is 2.75. The van der Waals surface area contributed by atoms with Crippen molar-refractivity contribution in [1.29, 1.82) is 0 Å². The Labute approximate surface area is 125 Å². The third-order valence-corrected chi connectivity index (χ3v) is 3.74. The predicted octanol–water partition coefficient (Wildman–Crippen LogP) is 4.67. The second kappa shape index (κ2) is 5.96. The lowest BCUT2D eigenvalue weighted by molar-refractivity contribution is 0.0175. The molecule has 106 valence electrons. The molecule has 2 aromatic carbocycles. The zero-order chi connectivity index (χ0) is 14.5. The van der Waals surface area contributed by atoms with Gasteiger partial charge in [0.2, 0.25) is 0 Å². The molecule has 0 fully saturated rings. The molecule has 0 aliphatic carbocycles. The molecule has 3 rings (SSSR count). The van der Waals surface area contributed by atoms with E-state index in [1.165, 1.54) is 0 Å². The second-order valence-electron chi connectivity index (χ2n) is 5.24. The van der Waals surface area contributed by atoms with Crippen LogP contribution in [0.5, 0.6) is 0 Å². The molecule has 0 saturated heterocycles. The van der Waals surface area contributed by atoms with Crippen LogP contribution in [-0.2, 0) is 10.4 Å². The van der Waals surface area contributed by atoms with Crippen LogP contribution in [0.25, 0.3) is 0 Å². The summed E-state index contributed by atoms with van der Waals surface area (Å²) in [7, 11) is 0. The standard InChI is InChI=1S/C19H19NO/c1-2-3-14-19(17-12-8-5-9-13-17)15-18(20-21-19)16-10-6-4-7-11-16/h3-14H,2,15H2,1H3/b14-3+/t19-/m0/s1. The summed E-state index contributed by atoms with van der Waals surface area (Å²) in [5.41, 5.74) is 2.80. The summed E-state index contributed by atoms with van der Waals surface area (Å²) in [6.45, 7) is 2.13. The molecule has 21 heavy (non-hydrogen) atoms. The van der Waals surface area contributed by atoms with Crippen molar-refractivity contribution >= 4 is 5.71 Å². The van der Waals surface area contributed by atoms with Gasteiger partial charge >= 0.3 is 0 Å². The Morgan fingerprint density at radius 3 is 2.38 bits per heavy atom. The average Bonchev–Trinajstić information content (AvgIpc) is 3.00. The first-order valence-corrected chi connectivity index (χ1v) is 7.38. The normalized spacial score (nSPS) is 21.3. The Hall–Kier alpha value is -2.35. The summed E-state index contributed by atoms with van der Waals surface area (Å²) in [5.74, 6) is 0. The van der Waals surface area contributed by atoms with Crippen LogP contribution in [0, 0.1) is 0 Å². The van der Waals surface area contributed by atoms with Crippen molar-refractivity contribution in [2.45, 2.75) is 25.4 Å². The van der Waals surface area contributed by atoms with Crippen LogP contribution < -0.4 is 0 Å². The van der Waals surface area contributed by atoms with Crippen LogP contribution in [0.1, 0.15) is 30.9 Å². The summed E-state index contributed by atoms with van der Waals surface area (Å²) in [6, 6.07) is 20.5. The SMILES string of the molecule is CC/C=C/[C@@]1(c2ccccc2)CC(c2ccccc2)=NO1. The first-order valence-electron chi connectivity index (χ1n) is 7.38. The van der Waals surface area contributed by atoms with Gasteiger partial charge in [-0.1, -0.05) is 78.8 Å². The molecule has 0 spiro atoms. The van der Waals surface area contributed by atoms with Crippen molar-refractivity contribution < 1.29 is 4.84 Å². The molecule has 0 N–H and O–H groups in total. The van der Waals surface area contributed by atoms with Gasteiger partial charge in [-0.2, -0.15) is 0 Å². The van der Waals surface area contributed by atoms with Crippen molar-refractivity contribution in [3.63, 3.8) is 0 Å². The fraction of sp³-hybridized carbons (Fsp3) is 0.211. The van der Waals surface area contributed by atoms with E-state index >= 15 is 0 Å². The van der Waals surface area contributed by atoms with Crippen LogP contribution in [-0.4, -0.2) is 5.71 Å². The van der Waals surface area contributed by atoms with E-state index in [1.54, 1.807) is 0 Å². The molecule has 2 aromatic rings. The van der Waals surface area contributed by atoms with Crippen molar-refractivity contribution in [1.82, 2.24) is 0 Å². The number of nitrogens with zero attached hydrogens (tertiary/aromatic N) is 1. The smallest absolute Gasteiger partial charge is 0.186 e. The summed E-state index contributed by atoms with van der Waals surface area (Å²) in [5, 5.41) is 4.35. The number of hydrogen-bond donors (Lipinski definition) is 0. The highest BCUT2D eigenvalue weighted by Gasteiger charge is 2.38. The lowest BCUT2D eigenvalue weighted by Crippen LogP contribution is -2.23. The number of hydrogen-bond acceptors (Lipinski definition) is 2. The molecule has 2 heteroatoms. The first-order chi connectivity index (χ1) is 10.3. The Kier molecular flexibility index (Phi) is 3.87. The quantitative estimate of drug-likeness (QED) is 0.744. The number of oxime groups is 1. The fourth-order valence-corrected chi connectivity index (χ4v) is 2.60. The molecule has 1 aliphatic rings. The maximum Gasteiger partial charge on any atom is 0.186 e. The van der Waals surface area contributed by atoms with Crippen LogP contribution in [0.4, 0.5) is 0 Å². The predicted molar refractivity (Wildman–Crippen MR) is 86.2 cm³/mol. The van der Waals surface area contributed by atoms with E-state index in [0.29, 0.717) is 0 Å². The maximum absolute atomic E-state index is 5.90. The molecule has 0 radical (unpaired) electrons. The molecule has 0 aromatic heterocycles. The minimum Gasteiger partial charge on any atom is -0.379 e. The molecule has 1 atom stereocenters. The van der Waals surface area contributed by atoms with Gasteiger partial charge in [-0.3, -0.25) is 0 Å². The largest absolute Gasteiger partial charge is 0.379 e. The topological polar surface area (TPSA) is 21.6 Å². The van der Waals surface area contributed by atoms with Crippen LogP contribution in [0.3, 0.4) is 0 Å². The summed E-state index contributed by atoms with van der Waals surface area (Å²) in [4.78, 5) is 5.90. The van der Waals surface area contributed by atoms with Gasteiger partial charge in [-0.05, 0) is 18.1 Å². The Morgan fingerprint density at radius 2 is 1.71 bits per heavy atom. The monoisotopic (exact) mass is 277 g/mol. The van der Waals surface area contributed by atoms with E-state index in [0.717, 1.165) is 29.7 Å². The van der Waals surface area contributed by atoms with Gasteiger partial charge in [0.1, 0.15) is 0 Å². The Bertz CT molecular complexity index is 646. The van der Waals surface area contributed by atoms with Crippen LogP contribution >= 0.6 is 0 Å². The number of rotatable bonds is 4. The first kappa shape index (κ1) is 13.6. The summed E-state index contributed by atoms with van der Waals surface area (Å²) >= 11 is 0. The minimum atomic E-state index is -0.470. The van der Waals surface area contributed by atoms with Crippen molar-refractivity contribution in [2.24, 2.45) is 5.16 Å². The van der Waals surface area contributed by atoms with Gasteiger partial charge in [-0.15, -0.1) is 0 Å². The third-order valence-electron chi connectivity index (χ3n) is 3.74. The number of allylic oxidation sites excluding steroid dienone is 1. The van der Waals surface area contributed by atoms with Gasteiger partial charge in [0.15, 0.2) is 5.60 Å². The van der Waals surface area contributed by atoms with Gasteiger partial charge in [0, 0.05) is 12.0 Å². The second-order valence-corrected chi connectivity index (χ2v) is 5.24. The molecular weight excluding hydrogens is 258 g/mol. The zero-order valence-corrected chi connectivity index (χ0v) is 12.2. The molecule has 0 amide bonds. The van der Waals surface area contributed by atoms with Crippen molar-refractivity contribution in [2.75, 3.05) is 0 Å². The molecule has 0 unspecified atom stereocenters. The minimum absolute atomic E-state index is 0.470. The molecule has 2 nitrogen and oxygen atoms in total. The average molecular weight is 277 g/mol. The summed E-state index contributed by atoms with van der Waals surface area (Å²) in [6.07, 6.45) is 6.04. The van der Waals surface area contributed by atoms with E-state index in [1.807, 2.05) is 36.4 Å². The van der Waals surface area contributed by atoms with E-state index in [4.69, 9.17) is 4.84 Å². The van der Waals surface area contributed by atoms with Gasteiger partial charge < -0.3 is 4.84 Å². The molecule has 0 saturated carbocycles. The van der Waals surface area contributed by atoms with E-state index in [9.17, 15) is 0 Å². The lowest BCUT2D eigenvalue weighted by atomic mass is 9.87. The lowest BCUT2D eigenvalue weighted by Gasteiger charge is -2.23. The maximum atomic E-state index is 5.90. The molecular formula is C19H19NO. The molecule has 1 heterocycles. The zero-order valence-electron chi connectivity index (χ0n) is 12.2.